The molecule has 1 saturated heterocycles. The quantitative estimate of drug-likeness (QED) is 0.652. The van der Waals surface area contributed by atoms with Crippen molar-refractivity contribution in [1.29, 1.82) is 0 Å². The van der Waals surface area contributed by atoms with E-state index in [1.807, 2.05) is 88.7 Å². The van der Waals surface area contributed by atoms with Gasteiger partial charge < -0.3 is 19.9 Å². The number of nitrogens with zero attached hydrogens (tertiary/aromatic N) is 2. The van der Waals surface area contributed by atoms with Gasteiger partial charge in [0.05, 0.1) is 18.4 Å². The van der Waals surface area contributed by atoms with Crippen molar-refractivity contribution in [1.82, 2.24) is 9.80 Å². The predicted octanol–water partition coefficient (Wildman–Crippen LogP) is 4.43. The highest BCUT2D eigenvalue weighted by molar-refractivity contribution is 6.00. The largest absolute Gasteiger partial charge is 0.497 e. The van der Waals surface area contributed by atoms with Crippen LogP contribution >= 0.6 is 0 Å². The molecule has 0 unspecified atom stereocenters. The third-order valence-electron chi connectivity index (χ3n) is 5.62. The second-order valence-electron chi connectivity index (χ2n) is 7.70. The number of hydrogen-bond acceptors (Lipinski definition) is 4. The number of carbonyl (C=O) groups is 2. The van der Waals surface area contributed by atoms with Crippen LogP contribution in [0.15, 0.2) is 78.9 Å². The van der Waals surface area contributed by atoms with Gasteiger partial charge in [-0.2, -0.15) is 0 Å². The summed E-state index contributed by atoms with van der Waals surface area (Å²) in [5.41, 5.74) is 2.93. The number of hydrogen-bond donors (Lipinski definition) is 1. The number of amides is 2. The van der Waals surface area contributed by atoms with Gasteiger partial charge in [-0.15, -0.1) is 0 Å². The van der Waals surface area contributed by atoms with Crippen LogP contribution in [0.25, 0.3) is 0 Å². The van der Waals surface area contributed by atoms with Crippen LogP contribution in [0.2, 0.25) is 0 Å². The SMILES string of the molecule is COc1ccc(Nc2ccccc2C(=O)N2CCCN(C(=O)c3ccccc3)CC2)cc1. The summed E-state index contributed by atoms with van der Waals surface area (Å²) in [6.45, 7) is 2.29. The number of ether oxygens (including phenoxy) is 1. The lowest BCUT2D eigenvalue weighted by Crippen LogP contribution is -2.37. The topological polar surface area (TPSA) is 61.9 Å². The summed E-state index contributed by atoms with van der Waals surface area (Å²) in [6, 6.07) is 24.4. The van der Waals surface area contributed by atoms with Crippen LogP contribution in [-0.2, 0) is 0 Å². The van der Waals surface area contributed by atoms with Gasteiger partial charge in [0.15, 0.2) is 0 Å². The molecule has 0 radical (unpaired) electrons. The highest BCUT2D eigenvalue weighted by Gasteiger charge is 2.24. The smallest absolute Gasteiger partial charge is 0.256 e. The zero-order chi connectivity index (χ0) is 22.3. The van der Waals surface area contributed by atoms with Crippen molar-refractivity contribution in [2.75, 3.05) is 38.6 Å². The Morgan fingerprint density at radius 2 is 1.38 bits per heavy atom. The summed E-state index contributed by atoms with van der Waals surface area (Å²) in [5, 5.41) is 3.34. The Morgan fingerprint density at radius 1 is 0.750 bits per heavy atom. The Bertz CT molecular complexity index is 1070. The van der Waals surface area contributed by atoms with E-state index < -0.39 is 0 Å². The second kappa shape index (κ2) is 10.0. The molecule has 3 aromatic rings. The molecule has 0 bridgehead atoms. The van der Waals surface area contributed by atoms with E-state index in [0.717, 1.165) is 23.5 Å². The van der Waals surface area contributed by atoms with Crippen molar-refractivity contribution < 1.29 is 14.3 Å². The van der Waals surface area contributed by atoms with Crippen molar-refractivity contribution in [2.24, 2.45) is 0 Å². The van der Waals surface area contributed by atoms with E-state index in [-0.39, 0.29) is 11.8 Å². The van der Waals surface area contributed by atoms with E-state index in [1.54, 1.807) is 7.11 Å². The van der Waals surface area contributed by atoms with Crippen LogP contribution in [0.3, 0.4) is 0 Å². The minimum absolute atomic E-state index is 0.0153. The summed E-state index contributed by atoms with van der Waals surface area (Å²) in [5.74, 6) is 0.760. The molecule has 1 N–H and O–H groups in total. The molecule has 1 aliphatic heterocycles. The maximum Gasteiger partial charge on any atom is 0.256 e. The van der Waals surface area contributed by atoms with E-state index in [1.165, 1.54) is 0 Å². The summed E-state index contributed by atoms with van der Waals surface area (Å²) in [7, 11) is 1.63. The van der Waals surface area contributed by atoms with Crippen molar-refractivity contribution >= 4 is 23.2 Å². The fraction of sp³-hybridized carbons (Fsp3) is 0.231. The first-order valence-corrected chi connectivity index (χ1v) is 10.8. The molecule has 0 atom stereocenters. The van der Waals surface area contributed by atoms with Crippen LogP contribution in [0.5, 0.6) is 5.75 Å². The number of para-hydroxylation sites is 1. The Balaban J connectivity index is 1.45. The molecule has 2 amide bonds. The van der Waals surface area contributed by atoms with Gasteiger partial charge >= 0.3 is 0 Å². The third-order valence-corrected chi connectivity index (χ3v) is 5.62. The summed E-state index contributed by atoms with van der Waals surface area (Å²) in [6.07, 6.45) is 0.748. The number of anilines is 2. The molecule has 0 aliphatic carbocycles. The molecular formula is C26H27N3O3. The Hall–Kier alpha value is -3.80. The fourth-order valence-corrected chi connectivity index (χ4v) is 3.87. The maximum absolute atomic E-state index is 13.4. The van der Waals surface area contributed by atoms with E-state index in [4.69, 9.17) is 4.74 Å². The normalized spacial score (nSPS) is 13.9. The maximum atomic E-state index is 13.4. The highest BCUT2D eigenvalue weighted by atomic mass is 16.5. The minimum Gasteiger partial charge on any atom is -0.497 e. The average molecular weight is 430 g/mol. The monoisotopic (exact) mass is 429 g/mol. The molecule has 0 aromatic heterocycles. The molecule has 4 rings (SSSR count). The number of nitrogens with one attached hydrogen (secondary N) is 1. The molecule has 0 saturated carbocycles. The van der Waals surface area contributed by atoms with Gasteiger partial charge in [0, 0.05) is 37.4 Å². The van der Waals surface area contributed by atoms with Crippen molar-refractivity contribution in [2.45, 2.75) is 6.42 Å². The summed E-state index contributed by atoms with van der Waals surface area (Å²) in [4.78, 5) is 29.9. The molecule has 32 heavy (non-hydrogen) atoms. The zero-order valence-electron chi connectivity index (χ0n) is 18.2. The summed E-state index contributed by atoms with van der Waals surface area (Å²) < 4.78 is 5.21. The first kappa shape index (κ1) is 21.4. The number of benzene rings is 3. The second-order valence-corrected chi connectivity index (χ2v) is 7.70. The fourth-order valence-electron chi connectivity index (χ4n) is 3.87. The Morgan fingerprint density at radius 3 is 2.06 bits per heavy atom. The van der Waals surface area contributed by atoms with Gasteiger partial charge in [-0.3, -0.25) is 9.59 Å². The number of carbonyl (C=O) groups excluding carboxylic acids is 2. The molecule has 0 spiro atoms. The first-order valence-electron chi connectivity index (χ1n) is 10.8. The molecule has 1 aliphatic rings. The third kappa shape index (κ3) is 4.91. The van der Waals surface area contributed by atoms with Crippen LogP contribution in [0, 0.1) is 0 Å². The van der Waals surface area contributed by atoms with Gasteiger partial charge in [-0.05, 0) is 55.0 Å². The van der Waals surface area contributed by atoms with E-state index in [0.29, 0.717) is 37.3 Å². The van der Waals surface area contributed by atoms with E-state index in [2.05, 4.69) is 5.32 Å². The standard InChI is InChI=1S/C26H27N3O3/c1-32-22-14-12-21(13-15-22)27-24-11-6-5-10-23(24)26(31)29-17-7-16-28(18-19-29)25(30)20-8-3-2-4-9-20/h2-6,8-15,27H,7,16-19H2,1H3. The number of rotatable bonds is 5. The molecule has 1 fully saturated rings. The van der Waals surface area contributed by atoms with Gasteiger partial charge in [-0.25, -0.2) is 0 Å². The van der Waals surface area contributed by atoms with Gasteiger partial charge in [0.2, 0.25) is 0 Å². The predicted molar refractivity (Wildman–Crippen MR) is 126 cm³/mol. The highest BCUT2D eigenvalue weighted by Crippen LogP contribution is 2.24. The first-order chi connectivity index (χ1) is 15.7. The van der Waals surface area contributed by atoms with Crippen molar-refractivity contribution in [3.63, 3.8) is 0 Å². The van der Waals surface area contributed by atoms with Crippen LogP contribution in [0.1, 0.15) is 27.1 Å². The van der Waals surface area contributed by atoms with E-state index >= 15 is 0 Å². The average Bonchev–Trinajstić information content (AvgIpc) is 3.11. The molecule has 6 nitrogen and oxygen atoms in total. The minimum atomic E-state index is -0.0318. The lowest BCUT2D eigenvalue weighted by Gasteiger charge is -2.23. The Labute approximate surface area is 188 Å². The molecule has 1 heterocycles. The molecular weight excluding hydrogens is 402 g/mol. The number of methoxy groups -OCH3 is 1. The van der Waals surface area contributed by atoms with Crippen molar-refractivity contribution in [3.8, 4) is 5.75 Å². The van der Waals surface area contributed by atoms with Gasteiger partial charge in [0.25, 0.3) is 11.8 Å². The zero-order valence-corrected chi connectivity index (χ0v) is 18.2. The lowest BCUT2D eigenvalue weighted by atomic mass is 10.1. The van der Waals surface area contributed by atoms with Crippen molar-refractivity contribution in [3.05, 3.63) is 90.0 Å². The van der Waals surface area contributed by atoms with Gasteiger partial charge in [0.1, 0.15) is 5.75 Å². The van der Waals surface area contributed by atoms with Gasteiger partial charge in [-0.1, -0.05) is 30.3 Å². The Kier molecular flexibility index (Phi) is 6.70. The summed E-state index contributed by atoms with van der Waals surface area (Å²) >= 11 is 0. The van der Waals surface area contributed by atoms with Crippen LogP contribution < -0.4 is 10.1 Å². The molecule has 3 aromatic carbocycles. The van der Waals surface area contributed by atoms with Crippen LogP contribution in [-0.4, -0.2) is 54.9 Å². The van der Waals surface area contributed by atoms with E-state index in [9.17, 15) is 9.59 Å². The molecule has 164 valence electrons. The van der Waals surface area contributed by atoms with Crippen LogP contribution in [0.4, 0.5) is 11.4 Å². The lowest BCUT2D eigenvalue weighted by molar-refractivity contribution is 0.0719. The molecule has 6 heteroatoms.